The van der Waals surface area contributed by atoms with Crippen LogP contribution >= 0.6 is 0 Å². The van der Waals surface area contributed by atoms with Gasteiger partial charge in [0.25, 0.3) is 0 Å². The average Bonchev–Trinajstić information content (AvgIpc) is 3.33. The van der Waals surface area contributed by atoms with Gasteiger partial charge in [-0.05, 0) is 54.3 Å². The summed E-state index contributed by atoms with van der Waals surface area (Å²) in [4.78, 5) is 4.26. The van der Waals surface area contributed by atoms with Crippen LogP contribution in [0.4, 0.5) is 4.39 Å². The molecule has 162 valence electrons. The maximum absolute atomic E-state index is 13.9. The summed E-state index contributed by atoms with van der Waals surface area (Å²) < 4.78 is 26.5. The highest BCUT2D eigenvalue weighted by Gasteiger charge is 2.16. The van der Waals surface area contributed by atoms with Gasteiger partial charge in [0.05, 0.1) is 12.3 Å². The van der Waals surface area contributed by atoms with E-state index in [1.807, 2.05) is 16.9 Å². The second kappa shape index (κ2) is 10.1. The van der Waals surface area contributed by atoms with E-state index in [0.29, 0.717) is 25.5 Å². The predicted octanol–water partition coefficient (Wildman–Crippen LogP) is 2.83. The molecular formula is C23H26FN5O2. The zero-order valence-corrected chi connectivity index (χ0v) is 17.5. The van der Waals surface area contributed by atoms with E-state index >= 15 is 0 Å². The van der Waals surface area contributed by atoms with Gasteiger partial charge in [0.1, 0.15) is 11.6 Å². The number of halogens is 1. The molecule has 31 heavy (non-hydrogen) atoms. The summed E-state index contributed by atoms with van der Waals surface area (Å²) >= 11 is 0. The van der Waals surface area contributed by atoms with Crippen LogP contribution in [-0.2, 0) is 24.2 Å². The van der Waals surface area contributed by atoms with Crippen LogP contribution in [0.15, 0.2) is 59.9 Å². The lowest BCUT2D eigenvalue weighted by molar-refractivity contribution is -0.0172. The van der Waals surface area contributed by atoms with E-state index in [4.69, 9.17) is 9.47 Å². The number of fused-ring (bicyclic) bond motifs is 1. The minimum Gasteiger partial charge on any atom is -0.467 e. The highest BCUT2D eigenvalue weighted by Crippen LogP contribution is 2.29. The van der Waals surface area contributed by atoms with Gasteiger partial charge in [0.2, 0.25) is 0 Å². The molecule has 0 fully saturated rings. The van der Waals surface area contributed by atoms with Gasteiger partial charge >= 0.3 is 0 Å². The Morgan fingerprint density at radius 3 is 2.71 bits per heavy atom. The number of rotatable bonds is 7. The number of nitrogens with zero attached hydrogens (tertiary/aromatic N) is 3. The number of ether oxygens (including phenoxy) is 2. The third kappa shape index (κ3) is 5.40. The van der Waals surface area contributed by atoms with E-state index < -0.39 is 0 Å². The molecule has 1 aromatic heterocycles. The number of benzene rings is 2. The highest BCUT2D eigenvalue weighted by atomic mass is 19.1. The Labute approximate surface area is 180 Å². The lowest BCUT2D eigenvalue weighted by Gasteiger charge is -2.21. The lowest BCUT2D eigenvalue weighted by atomic mass is 10.1. The fourth-order valence-electron chi connectivity index (χ4n) is 3.54. The van der Waals surface area contributed by atoms with Gasteiger partial charge in [-0.15, -0.1) is 0 Å². The van der Waals surface area contributed by atoms with Gasteiger partial charge in [-0.3, -0.25) is 4.99 Å². The van der Waals surface area contributed by atoms with Crippen molar-refractivity contribution in [3.63, 3.8) is 0 Å². The van der Waals surface area contributed by atoms with Crippen molar-refractivity contribution in [3.05, 3.63) is 77.4 Å². The molecule has 3 aromatic rings. The standard InChI is InChI=1S/C23H26FN5O2/c1-25-23(26-10-7-17-3-5-21(6-4-17)29-12-2-9-28-29)27-11-8-18-13-20(24)14-19-15-30-16-31-22(18)19/h2-6,9,12-14H,7-8,10-11,15-16H2,1H3,(H2,25,26,27). The van der Waals surface area contributed by atoms with Crippen LogP contribution < -0.4 is 15.4 Å². The van der Waals surface area contributed by atoms with Gasteiger partial charge in [-0.25, -0.2) is 9.07 Å². The fourth-order valence-corrected chi connectivity index (χ4v) is 3.54. The summed E-state index contributed by atoms with van der Waals surface area (Å²) in [6.45, 7) is 1.93. The number of aromatic nitrogens is 2. The van der Waals surface area contributed by atoms with Crippen molar-refractivity contribution >= 4 is 5.96 Å². The Kier molecular flexibility index (Phi) is 6.78. The number of hydrogen-bond donors (Lipinski definition) is 2. The molecule has 2 aromatic carbocycles. The predicted molar refractivity (Wildman–Crippen MR) is 117 cm³/mol. The van der Waals surface area contributed by atoms with Gasteiger partial charge < -0.3 is 20.1 Å². The Bertz CT molecular complexity index is 1020. The van der Waals surface area contributed by atoms with Crippen LogP contribution in [0.3, 0.4) is 0 Å². The molecule has 1 aliphatic rings. The van der Waals surface area contributed by atoms with Gasteiger partial charge in [-0.2, -0.15) is 5.10 Å². The van der Waals surface area contributed by atoms with E-state index in [0.717, 1.165) is 35.5 Å². The summed E-state index contributed by atoms with van der Waals surface area (Å²) in [7, 11) is 1.73. The lowest BCUT2D eigenvalue weighted by Crippen LogP contribution is -2.39. The van der Waals surface area contributed by atoms with Crippen molar-refractivity contribution in [3.8, 4) is 11.4 Å². The molecule has 0 radical (unpaired) electrons. The molecule has 4 rings (SSSR count). The molecule has 1 aliphatic heterocycles. The Morgan fingerprint density at radius 2 is 1.97 bits per heavy atom. The molecule has 0 amide bonds. The fraction of sp³-hybridized carbons (Fsp3) is 0.304. The molecular weight excluding hydrogens is 397 g/mol. The van der Waals surface area contributed by atoms with Crippen molar-refractivity contribution in [2.24, 2.45) is 4.99 Å². The molecule has 0 spiro atoms. The first-order valence-electron chi connectivity index (χ1n) is 10.3. The Balaban J connectivity index is 1.24. The number of nitrogens with one attached hydrogen (secondary N) is 2. The van der Waals surface area contributed by atoms with Crippen molar-refractivity contribution in [1.82, 2.24) is 20.4 Å². The normalized spacial score (nSPS) is 13.4. The third-order valence-electron chi connectivity index (χ3n) is 5.07. The monoisotopic (exact) mass is 423 g/mol. The molecule has 7 nitrogen and oxygen atoms in total. The minimum atomic E-state index is -0.274. The molecule has 8 heteroatoms. The van der Waals surface area contributed by atoms with Gasteiger partial charge in [0.15, 0.2) is 12.8 Å². The smallest absolute Gasteiger partial charge is 0.190 e. The van der Waals surface area contributed by atoms with E-state index in [9.17, 15) is 4.39 Å². The van der Waals surface area contributed by atoms with Crippen LogP contribution in [0, 0.1) is 5.82 Å². The van der Waals surface area contributed by atoms with E-state index in [1.54, 1.807) is 13.2 Å². The SMILES string of the molecule is CN=C(NCCc1ccc(-n2cccn2)cc1)NCCc1cc(F)cc2c1OCOC2. The van der Waals surface area contributed by atoms with Crippen molar-refractivity contribution in [2.75, 3.05) is 26.9 Å². The Morgan fingerprint density at radius 1 is 1.16 bits per heavy atom. The van der Waals surface area contributed by atoms with E-state index in [1.165, 1.54) is 17.7 Å². The average molecular weight is 423 g/mol. The largest absolute Gasteiger partial charge is 0.467 e. The number of hydrogen-bond acceptors (Lipinski definition) is 4. The van der Waals surface area contributed by atoms with Gasteiger partial charge in [0, 0.05) is 38.1 Å². The summed E-state index contributed by atoms with van der Waals surface area (Å²) in [6, 6.07) is 13.2. The molecule has 2 heterocycles. The third-order valence-corrected chi connectivity index (χ3v) is 5.07. The first kappa shape index (κ1) is 20.9. The number of aliphatic imine (C=N–C) groups is 1. The van der Waals surface area contributed by atoms with Crippen LogP contribution in [0.5, 0.6) is 5.75 Å². The molecule has 0 bridgehead atoms. The van der Waals surface area contributed by atoms with Gasteiger partial charge in [-0.1, -0.05) is 12.1 Å². The summed E-state index contributed by atoms with van der Waals surface area (Å²) in [6.07, 6.45) is 5.17. The van der Waals surface area contributed by atoms with Crippen LogP contribution in [0.1, 0.15) is 16.7 Å². The quantitative estimate of drug-likeness (QED) is 0.452. The second-order valence-corrected chi connectivity index (χ2v) is 7.21. The maximum atomic E-state index is 13.9. The Hall–Kier alpha value is -3.39. The van der Waals surface area contributed by atoms with Crippen LogP contribution in [0.2, 0.25) is 0 Å². The molecule has 0 saturated carbocycles. The first-order chi connectivity index (χ1) is 15.2. The molecule has 0 saturated heterocycles. The first-order valence-corrected chi connectivity index (χ1v) is 10.3. The minimum absolute atomic E-state index is 0.200. The van der Waals surface area contributed by atoms with Crippen molar-refractivity contribution in [2.45, 2.75) is 19.4 Å². The summed E-state index contributed by atoms with van der Waals surface area (Å²) in [5.41, 5.74) is 3.85. The molecule has 2 N–H and O–H groups in total. The zero-order chi connectivity index (χ0) is 21.5. The molecule has 0 atom stereocenters. The zero-order valence-electron chi connectivity index (χ0n) is 17.5. The summed E-state index contributed by atoms with van der Waals surface area (Å²) in [5, 5.41) is 10.8. The van der Waals surface area contributed by atoms with Crippen LogP contribution in [0.25, 0.3) is 5.69 Å². The summed E-state index contributed by atoms with van der Waals surface area (Å²) in [5.74, 6) is 1.17. The van der Waals surface area contributed by atoms with E-state index in [2.05, 4.69) is 45.0 Å². The number of guanidine groups is 1. The highest BCUT2D eigenvalue weighted by molar-refractivity contribution is 5.79. The maximum Gasteiger partial charge on any atom is 0.190 e. The van der Waals surface area contributed by atoms with E-state index in [-0.39, 0.29) is 12.6 Å². The second-order valence-electron chi connectivity index (χ2n) is 7.21. The topological polar surface area (TPSA) is 72.7 Å². The molecule has 0 unspecified atom stereocenters. The van der Waals surface area contributed by atoms with Crippen LogP contribution in [-0.4, -0.2) is 42.7 Å². The van der Waals surface area contributed by atoms with Crippen molar-refractivity contribution in [1.29, 1.82) is 0 Å². The molecule has 0 aliphatic carbocycles. The van der Waals surface area contributed by atoms with Crippen molar-refractivity contribution < 1.29 is 13.9 Å².